The van der Waals surface area contributed by atoms with E-state index in [0.717, 1.165) is 33.5 Å². The number of fused-ring (bicyclic) bond motifs is 2. The number of nitrogens with one attached hydrogen (secondary N) is 1. The van der Waals surface area contributed by atoms with Crippen molar-refractivity contribution in [2.24, 2.45) is 5.10 Å². The lowest BCUT2D eigenvalue weighted by Gasteiger charge is -2.05. The SMILES string of the molecule is N#C/C(=N\Nc1cccc2ccccc12)c1nc(-c2ccc3c(c2)OCO3)cs1. The second-order valence-corrected chi connectivity index (χ2v) is 7.17. The lowest BCUT2D eigenvalue weighted by atomic mass is 10.1. The maximum absolute atomic E-state index is 9.59. The van der Waals surface area contributed by atoms with E-state index in [9.17, 15) is 5.26 Å². The molecular formula is C22H14N4O2S. The van der Waals surface area contributed by atoms with Crippen LogP contribution < -0.4 is 14.9 Å². The van der Waals surface area contributed by atoms with Gasteiger partial charge in [-0.25, -0.2) is 4.98 Å². The third-order valence-corrected chi connectivity index (χ3v) is 5.41. The van der Waals surface area contributed by atoms with Gasteiger partial charge in [-0.1, -0.05) is 36.4 Å². The molecule has 4 aromatic rings. The fraction of sp³-hybridized carbons (Fsp3) is 0.0455. The Kier molecular flexibility index (Phi) is 4.31. The molecular weight excluding hydrogens is 384 g/mol. The first-order chi connectivity index (χ1) is 14.3. The molecule has 0 unspecified atom stereocenters. The molecule has 29 heavy (non-hydrogen) atoms. The number of ether oxygens (including phenoxy) is 2. The predicted octanol–water partition coefficient (Wildman–Crippen LogP) is 5.03. The average molecular weight is 398 g/mol. The summed E-state index contributed by atoms with van der Waals surface area (Å²) in [5.41, 5.74) is 5.74. The van der Waals surface area contributed by atoms with Crippen molar-refractivity contribution in [2.45, 2.75) is 0 Å². The Morgan fingerprint density at radius 3 is 2.86 bits per heavy atom. The second kappa shape index (κ2) is 7.26. The standard InChI is InChI=1S/C22H14N4O2S/c23-11-18(26-25-17-7-3-5-14-4-1-2-6-16(14)17)22-24-19(12-29-22)15-8-9-20-21(10-15)28-13-27-20/h1-10,12,25H,13H2/b26-18+. The molecule has 2 heterocycles. The van der Waals surface area contributed by atoms with Gasteiger partial charge in [-0.3, -0.25) is 5.43 Å². The Morgan fingerprint density at radius 1 is 1.07 bits per heavy atom. The number of thiazole rings is 1. The smallest absolute Gasteiger partial charge is 0.231 e. The molecule has 1 aromatic heterocycles. The first kappa shape index (κ1) is 17.2. The lowest BCUT2D eigenvalue weighted by Crippen LogP contribution is -2.01. The highest BCUT2D eigenvalue weighted by molar-refractivity contribution is 7.12. The Morgan fingerprint density at radius 2 is 1.93 bits per heavy atom. The van der Waals surface area contributed by atoms with Crippen molar-refractivity contribution < 1.29 is 9.47 Å². The van der Waals surface area contributed by atoms with Gasteiger partial charge in [0.2, 0.25) is 6.79 Å². The molecule has 140 valence electrons. The van der Waals surface area contributed by atoms with Crippen LogP contribution in [-0.2, 0) is 0 Å². The molecule has 0 fully saturated rings. The van der Waals surface area contributed by atoms with Crippen molar-refractivity contribution >= 4 is 33.5 Å². The number of aromatic nitrogens is 1. The number of nitriles is 1. The average Bonchev–Trinajstić information content (AvgIpc) is 3.43. The van der Waals surface area contributed by atoms with Crippen molar-refractivity contribution in [3.8, 4) is 28.8 Å². The first-order valence-electron chi connectivity index (χ1n) is 8.89. The summed E-state index contributed by atoms with van der Waals surface area (Å²) >= 11 is 1.37. The number of benzene rings is 3. The summed E-state index contributed by atoms with van der Waals surface area (Å²) in [7, 11) is 0. The van der Waals surface area contributed by atoms with E-state index in [0.29, 0.717) is 10.8 Å². The fourth-order valence-corrected chi connectivity index (χ4v) is 3.90. The number of hydrogen-bond donors (Lipinski definition) is 1. The van der Waals surface area contributed by atoms with Crippen LogP contribution in [0.2, 0.25) is 0 Å². The van der Waals surface area contributed by atoms with Crippen LogP contribution in [0.4, 0.5) is 5.69 Å². The van der Waals surface area contributed by atoms with Crippen LogP contribution in [0.25, 0.3) is 22.0 Å². The monoisotopic (exact) mass is 398 g/mol. The summed E-state index contributed by atoms with van der Waals surface area (Å²) < 4.78 is 10.8. The summed E-state index contributed by atoms with van der Waals surface area (Å²) in [6.45, 7) is 0.228. The van der Waals surface area contributed by atoms with Crippen molar-refractivity contribution in [1.82, 2.24) is 4.98 Å². The van der Waals surface area contributed by atoms with Crippen LogP contribution in [0.3, 0.4) is 0 Å². The van der Waals surface area contributed by atoms with E-state index in [1.807, 2.05) is 66.0 Å². The highest BCUT2D eigenvalue weighted by Gasteiger charge is 2.16. The molecule has 0 radical (unpaired) electrons. The Hall–Kier alpha value is -3.89. The topological polar surface area (TPSA) is 79.5 Å². The number of anilines is 1. The highest BCUT2D eigenvalue weighted by atomic mass is 32.1. The summed E-state index contributed by atoms with van der Waals surface area (Å²) in [5, 5.41) is 18.5. The molecule has 0 saturated carbocycles. The minimum atomic E-state index is 0.228. The number of hydrazone groups is 1. The van der Waals surface area contributed by atoms with Crippen molar-refractivity contribution in [1.29, 1.82) is 5.26 Å². The third kappa shape index (κ3) is 3.26. The van der Waals surface area contributed by atoms with Crippen LogP contribution in [-0.4, -0.2) is 17.5 Å². The van der Waals surface area contributed by atoms with E-state index < -0.39 is 0 Å². The number of nitrogens with zero attached hydrogens (tertiary/aromatic N) is 3. The van der Waals surface area contributed by atoms with E-state index in [1.165, 1.54) is 11.3 Å². The molecule has 1 aliphatic heterocycles. The molecule has 0 amide bonds. The van der Waals surface area contributed by atoms with Crippen molar-refractivity contribution in [3.63, 3.8) is 0 Å². The minimum absolute atomic E-state index is 0.228. The normalized spacial score (nSPS) is 12.7. The van der Waals surface area contributed by atoms with Gasteiger partial charge in [0.25, 0.3) is 0 Å². The molecule has 6 nitrogen and oxygen atoms in total. The number of hydrogen-bond acceptors (Lipinski definition) is 7. The Labute approximate surface area is 170 Å². The zero-order chi connectivity index (χ0) is 19.6. The largest absolute Gasteiger partial charge is 0.454 e. The molecule has 1 aliphatic rings. The molecule has 5 rings (SSSR count). The maximum atomic E-state index is 9.59. The Balaban J connectivity index is 1.43. The van der Waals surface area contributed by atoms with Gasteiger partial charge in [-0.05, 0) is 29.7 Å². The van der Waals surface area contributed by atoms with E-state index >= 15 is 0 Å². The second-order valence-electron chi connectivity index (χ2n) is 6.32. The summed E-state index contributed by atoms with van der Waals surface area (Å²) in [6.07, 6.45) is 0. The van der Waals surface area contributed by atoms with Crippen molar-refractivity contribution in [3.05, 3.63) is 71.1 Å². The zero-order valence-corrected chi connectivity index (χ0v) is 15.9. The molecule has 0 aliphatic carbocycles. The minimum Gasteiger partial charge on any atom is -0.454 e. The van der Waals surface area contributed by atoms with Gasteiger partial charge in [0.15, 0.2) is 22.2 Å². The predicted molar refractivity (Wildman–Crippen MR) is 113 cm³/mol. The molecule has 0 spiro atoms. The van der Waals surface area contributed by atoms with Gasteiger partial charge in [0.1, 0.15) is 6.07 Å². The molecule has 0 saturated heterocycles. The van der Waals surface area contributed by atoms with Gasteiger partial charge in [-0.2, -0.15) is 10.4 Å². The highest BCUT2D eigenvalue weighted by Crippen LogP contribution is 2.36. The molecule has 7 heteroatoms. The van der Waals surface area contributed by atoms with Gasteiger partial charge in [-0.15, -0.1) is 11.3 Å². The van der Waals surface area contributed by atoms with Crippen LogP contribution in [0, 0.1) is 11.3 Å². The summed E-state index contributed by atoms with van der Waals surface area (Å²) in [6, 6.07) is 21.7. The third-order valence-electron chi connectivity index (χ3n) is 4.56. The van der Waals surface area contributed by atoms with E-state index in [1.54, 1.807) is 0 Å². The van der Waals surface area contributed by atoms with E-state index in [-0.39, 0.29) is 12.5 Å². The Bertz CT molecular complexity index is 1280. The van der Waals surface area contributed by atoms with Crippen LogP contribution in [0.5, 0.6) is 11.5 Å². The molecule has 1 N–H and O–H groups in total. The molecule has 0 atom stereocenters. The van der Waals surface area contributed by atoms with Gasteiger partial charge < -0.3 is 9.47 Å². The maximum Gasteiger partial charge on any atom is 0.231 e. The lowest BCUT2D eigenvalue weighted by molar-refractivity contribution is 0.174. The molecule has 3 aromatic carbocycles. The van der Waals surface area contributed by atoms with Gasteiger partial charge in [0, 0.05) is 16.3 Å². The van der Waals surface area contributed by atoms with Crippen LogP contribution >= 0.6 is 11.3 Å². The van der Waals surface area contributed by atoms with E-state index in [4.69, 9.17) is 9.47 Å². The summed E-state index contributed by atoms with van der Waals surface area (Å²) in [5.74, 6) is 1.42. The molecule has 0 bridgehead atoms. The number of rotatable bonds is 4. The van der Waals surface area contributed by atoms with Gasteiger partial charge >= 0.3 is 0 Å². The van der Waals surface area contributed by atoms with Crippen LogP contribution in [0.1, 0.15) is 5.01 Å². The fourth-order valence-electron chi connectivity index (χ4n) is 3.13. The first-order valence-corrected chi connectivity index (χ1v) is 9.77. The zero-order valence-electron chi connectivity index (χ0n) is 15.1. The van der Waals surface area contributed by atoms with Gasteiger partial charge in [0.05, 0.1) is 11.4 Å². The quantitative estimate of drug-likeness (QED) is 0.385. The van der Waals surface area contributed by atoms with Crippen LogP contribution in [0.15, 0.2) is 71.1 Å². The summed E-state index contributed by atoms with van der Waals surface area (Å²) in [4.78, 5) is 4.58. The van der Waals surface area contributed by atoms with Crippen molar-refractivity contribution in [2.75, 3.05) is 12.2 Å². The van der Waals surface area contributed by atoms with E-state index in [2.05, 4.69) is 21.6 Å².